The summed E-state index contributed by atoms with van der Waals surface area (Å²) >= 11 is 6.39. The fourth-order valence-corrected chi connectivity index (χ4v) is 9.70. The van der Waals surface area contributed by atoms with Crippen LogP contribution in [-0.4, -0.2) is 44.6 Å². The molecule has 3 fully saturated rings. The van der Waals surface area contributed by atoms with Crippen molar-refractivity contribution >= 4 is 56.8 Å². The molecule has 1 saturated heterocycles. The molecule has 0 unspecified atom stereocenters. The molecule has 32 heavy (non-hydrogen) atoms. The van der Waals surface area contributed by atoms with Crippen LogP contribution in [0.5, 0.6) is 0 Å². The van der Waals surface area contributed by atoms with Crippen LogP contribution in [0.1, 0.15) is 29.2 Å². The molecule has 0 spiro atoms. The van der Waals surface area contributed by atoms with E-state index in [4.69, 9.17) is 5.11 Å². The molecule has 2 aliphatic carbocycles. The van der Waals surface area contributed by atoms with Gasteiger partial charge in [-0.15, -0.1) is 11.8 Å². The number of carbonyl (C=O) groups is 3. The maximum absolute atomic E-state index is 13.3. The number of rotatable bonds is 4. The Morgan fingerprint density at radius 3 is 2.50 bits per heavy atom. The van der Waals surface area contributed by atoms with Gasteiger partial charge in [0.2, 0.25) is 11.8 Å². The first kappa shape index (κ1) is 20.7. The second-order valence-corrected chi connectivity index (χ2v) is 12.1. The standard InChI is InChI=1S/C22H19BrN2O5S2/c23-9-3-1-8(2-4-9)13-14-10-7-11(17(14)31-19-18(13)32-22(30)24-19)16-15(10)20(28)25(21(16)29)6-5-12(26)27/h1-4,10-11,13-17H,5-7H2,(H,24,30)(H,26,27)/t10-,11+,13+,14+,15+,16+,17+/m0/s1. The smallest absolute Gasteiger partial charge is 0.305 e. The van der Waals surface area contributed by atoms with E-state index in [1.807, 2.05) is 12.1 Å². The van der Waals surface area contributed by atoms with Crippen molar-refractivity contribution in [1.29, 1.82) is 0 Å². The Balaban J connectivity index is 1.41. The van der Waals surface area contributed by atoms with E-state index in [-0.39, 0.29) is 70.4 Å². The molecule has 6 rings (SSSR count). The molecule has 2 N–H and O–H groups in total. The highest BCUT2D eigenvalue weighted by Crippen LogP contribution is 2.68. The Labute approximate surface area is 199 Å². The zero-order valence-corrected chi connectivity index (χ0v) is 19.9. The molecular formula is C22H19BrN2O5S2. The van der Waals surface area contributed by atoms with E-state index in [0.29, 0.717) is 0 Å². The molecule has 0 radical (unpaired) electrons. The van der Waals surface area contributed by atoms with E-state index in [1.54, 1.807) is 11.8 Å². The molecule has 2 bridgehead atoms. The first-order valence-electron chi connectivity index (χ1n) is 10.6. The van der Waals surface area contributed by atoms with Crippen LogP contribution in [0.2, 0.25) is 0 Å². The van der Waals surface area contributed by atoms with Gasteiger partial charge in [0.25, 0.3) is 0 Å². The van der Waals surface area contributed by atoms with Crippen molar-refractivity contribution in [3.8, 4) is 0 Å². The SMILES string of the molecule is O=C(O)CCN1C(=O)[C@@H]2[C@H]3C[C@@H]([C@H]4Sc5[nH]c(=O)sc5[C@H](c5ccc(Br)cc5)[C@@H]34)[C@H]2C1=O. The van der Waals surface area contributed by atoms with Crippen molar-refractivity contribution < 1.29 is 19.5 Å². The van der Waals surface area contributed by atoms with Gasteiger partial charge in [0, 0.05) is 27.1 Å². The first-order valence-corrected chi connectivity index (χ1v) is 13.1. The number of benzene rings is 1. The molecule has 1 aromatic carbocycles. The summed E-state index contributed by atoms with van der Waals surface area (Å²) in [7, 11) is 0. The second kappa shape index (κ2) is 7.30. The minimum Gasteiger partial charge on any atom is -0.481 e. The Hall–Kier alpha value is -1.91. The summed E-state index contributed by atoms with van der Waals surface area (Å²) in [5.74, 6) is -1.92. The van der Waals surface area contributed by atoms with Crippen molar-refractivity contribution in [1.82, 2.24) is 9.88 Å². The Bertz CT molecular complexity index is 1210. The van der Waals surface area contributed by atoms with E-state index in [1.165, 1.54) is 16.2 Å². The fraction of sp³-hybridized carbons (Fsp3) is 0.455. The normalized spacial score (nSPS) is 34.5. The van der Waals surface area contributed by atoms with E-state index in [9.17, 15) is 19.2 Å². The van der Waals surface area contributed by atoms with Crippen molar-refractivity contribution in [3.63, 3.8) is 0 Å². The Kier molecular flexibility index (Phi) is 4.71. The monoisotopic (exact) mass is 534 g/mol. The summed E-state index contributed by atoms with van der Waals surface area (Å²) in [4.78, 5) is 54.8. The third kappa shape index (κ3) is 2.85. The van der Waals surface area contributed by atoms with Crippen LogP contribution in [0, 0.1) is 29.6 Å². The topological polar surface area (TPSA) is 108 Å². The molecule has 2 aromatic rings. The molecule has 2 saturated carbocycles. The van der Waals surface area contributed by atoms with Gasteiger partial charge in [-0.1, -0.05) is 39.4 Å². The van der Waals surface area contributed by atoms with Crippen molar-refractivity contribution in [2.24, 2.45) is 29.6 Å². The van der Waals surface area contributed by atoms with Gasteiger partial charge in [-0.3, -0.25) is 24.1 Å². The van der Waals surface area contributed by atoms with Gasteiger partial charge in [0.05, 0.1) is 23.3 Å². The molecule has 4 aliphatic rings. The quantitative estimate of drug-likeness (QED) is 0.583. The minimum absolute atomic E-state index is 0.000205. The molecular weight excluding hydrogens is 516 g/mol. The lowest BCUT2D eigenvalue weighted by Crippen LogP contribution is -2.42. The summed E-state index contributed by atoms with van der Waals surface area (Å²) in [5, 5.41) is 10.1. The molecule has 3 heterocycles. The van der Waals surface area contributed by atoms with Crippen LogP contribution < -0.4 is 4.87 Å². The molecule has 166 valence electrons. The summed E-state index contributed by atoms with van der Waals surface area (Å²) in [5.41, 5.74) is 1.11. The van der Waals surface area contributed by atoms with Gasteiger partial charge in [0.1, 0.15) is 0 Å². The summed E-state index contributed by atoms with van der Waals surface area (Å²) in [6.07, 6.45) is 0.599. The fourth-order valence-electron chi connectivity index (χ4n) is 6.55. The van der Waals surface area contributed by atoms with Gasteiger partial charge in [-0.05, 0) is 41.9 Å². The number of aliphatic carboxylic acids is 1. The molecule has 2 aliphatic heterocycles. The van der Waals surface area contributed by atoms with Gasteiger partial charge in [-0.25, -0.2) is 0 Å². The number of likely N-dealkylation sites (tertiary alicyclic amines) is 1. The highest BCUT2D eigenvalue weighted by Gasteiger charge is 2.69. The maximum Gasteiger partial charge on any atom is 0.305 e. The number of aromatic nitrogens is 1. The summed E-state index contributed by atoms with van der Waals surface area (Å²) in [6.45, 7) is -0.0568. The lowest BCUT2D eigenvalue weighted by Gasteiger charge is -2.43. The van der Waals surface area contributed by atoms with Crippen molar-refractivity contribution in [2.45, 2.75) is 29.0 Å². The number of imide groups is 1. The van der Waals surface area contributed by atoms with Crippen LogP contribution in [0.3, 0.4) is 0 Å². The van der Waals surface area contributed by atoms with Crippen LogP contribution >= 0.6 is 39.0 Å². The number of carbonyl (C=O) groups excluding carboxylic acids is 2. The molecule has 7 nitrogen and oxygen atoms in total. The van der Waals surface area contributed by atoms with Gasteiger partial charge < -0.3 is 10.1 Å². The summed E-state index contributed by atoms with van der Waals surface area (Å²) in [6, 6.07) is 8.13. The average Bonchev–Trinajstić information content (AvgIpc) is 3.47. The van der Waals surface area contributed by atoms with Crippen LogP contribution in [-0.2, 0) is 14.4 Å². The minimum atomic E-state index is -1.02. The van der Waals surface area contributed by atoms with E-state index < -0.39 is 5.97 Å². The van der Waals surface area contributed by atoms with Crippen LogP contribution in [0.4, 0.5) is 0 Å². The number of H-pyrrole nitrogens is 1. The van der Waals surface area contributed by atoms with Gasteiger partial charge >= 0.3 is 10.8 Å². The number of aromatic amines is 1. The number of thiazole rings is 1. The number of amides is 2. The number of nitrogens with one attached hydrogen (secondary N) is 1. The first-order chi connectivity index (χ1) is 15.3. The molecule has 1 aromatic heterocycles. The highest BCUT2D eigenvalue weighted by molar-refractivity contribution is 9.10. The maximum atomic E-state index is 13.3. The van der Waals surface area contributed by atoms with E-state index >= 15 is 0 Å². The van der Waals surface area contributed by atoms with E-state index in [2.05, 4.69) is 33.0 Å². The largest absolute Gasteiger partial charge is 0.481 e. The molecule has 10 heteroatoms. The number of hydrogen-bond acceptors (Lipinski definition) is 6. The zero-order chi connectivity index (χ0) is 22.3. The Morgan fingerprint density at radius 1 is 1.12 bits per heavy atom. The van der Waals surface area contributed by atoms with Crippen molar-refractivity contribution in [3.05, 3.63) is 48.8 Å². The third-order valence-electron chi connectivity index (χ3n) is 7.59. The predicted molar refractivity (Wildman–Crippen MR) is 122 cm³/mol. The third-order valence-corrected chi connectivity index (χ3v) is 10.7. The lowest BCUT2D eigenvalue weighted by molar-refractivity contribution is -0.142. The van der Waals surface area contributed by atoms with Gasteiger partial charge in [-0.2, -0.15) is 0 Å². The number of hydrogen-bond donors (Lipinski definition) is 2. The van der Waals surface area contributed by atoms with Crippen LogP contribution in [0.15, 0.2) is 38.6 Å². The second-order valence-electron chi connectivity index (χ2n) is 8.98. The number of nitrogens with zero attached hydrogens (tertiary/aromatic N) is 1. The summed E-state index contributed by atoms with van der Waals surface area (Å²) < 4.78 is 0.976. The van der Waals surface area contributed by atoms with Gasteiger partial charge in [0.15, 0.2) is 0 Å². The average molecular weight is 535 g/mol. The zero-order valence-electron chi connectivity index (χ0n) is 16.7. The lowest BCUT2D eigenvalue weighted by atomic mass is 9.68. The number of carboxylic acid groups (broad SMARTS) is 1. The highest BCUT2D eigenvalue weighted by atomic mass is 79.9. The number of carboxylic acids is 1. The Morgan fingerprint density at radius 2 is 1.81 bits per heavy atom. The number of halogens is 1. The predicted octanol–water partition coefficient (Wildman–Crippen LogP) is 3.15. The number of fused-ring (bicyclic) bond motifs is 9. The van der Waals surface area contributed by atoms with Crippen molar-refractivity contribution in [2.75, 3.05) is 6.54 Å². The molecule has 2 amide bonds. The molecule has 7 atom stereocenters. The van der Waals surface area contributed by atoms with E-state index in [0.717, 1.165) is 26.4 Å². The van der Waals surface area contributed by atoms with Crippen LogP contribution in [0.25, 0.3) is 0 Å². The number of thioether (sulfide) groups is 1.